The van der Waals surface area contributed by atoms with Crippen molar-refractivity contribution in [3.8, 4) is 11.5 Å². The molecule has 4 rings (SSSR count). The number of aliphatic imine (C=N–C) groups is 1. The van der Waals surface area contributed by atoms with Gasteiger partial charge in [-0.1, -0.05) is 0 Å². The molecule has 1 aromatic rings. The predicted molar refractivity (Wildman–Crippen MR) is 124 cm³/mol. The molecule has 7 atom stereocenters. The van der Waals surface area contributed by atoms with E-state index in [1.165, 1.54) is 24.8 Å². The third-order valence-corrected chi connectivity index (χ3v) is 7.61. The first-order valence-corrected chi connectivity index (χ1v) is 12.6. The Morgan fingerprint density at radius 2 is 2.03 bits per heavy atom. The van der Waals surface area contributed by atoms with E-state index in [-0.39, 0.29) is 51.1 Å². The number of carboxylic acids is 1. The largest absolute Gasteiger partial charge is 0.547 e. The number of rotatable bonds is 11. The number of aliphatic carboxylic acids is 1. The van der Waals surface area contributed by atoms with Gasteiger partial charge in [0.15, 0.2) is 6.29 Å². The molecule has 3 aliphatic heterocycles. The van der Waals surface area contributed by atoms with Crippen LogP contribution in [0.4, 0.5) is 0 Å². The highest BCUT2D eigenvalue weighted by atomic mass is 32.2. The summed E-state index contributed by atoms with van der Waals surface area (Å²) in [6, 6.07) is 4.67. The van der Waals surface area contributed by atoms with Crippen molar-refractivity contribution in [2.75, 3.05) is 45.4 Å². The van der Waals surface area contributed by atoms with Crippen LogP contribution in [0, 0.1) is 5.92 Å². The monoisotopic (exact) mass is 528 g/mol. The van der Waals surface area contributed by atoms with E-state index in [4.69, 9.17) is 23.7 Å². The molecule has 1 aromatic carbocycles. The highest BCUT2D eigenvalue weighted by Crippen LogP contribution is 2.35. The van der Waals surface area contributed by atoms with Crippen LogP contribution in [0.2, 0.25) is 0 Å². The fraction of sp³-hybridized carbons (Fsp3) is 0.652. The molecule has 0 aromatic heterocycles. The first kappa shape index (κ1) is 27.1. The number of nitrogens with zero attached hydrogens (tertiary/aromatic N) is 1. The number of aromatic hydroxyl groups is 1. The van der Waals surface area contributed by atoms with E-state index in [0.29, 0.717) is 16.4 Å². The molecule has 3 aliphatic rings. The molecule has 2 bridgehead atoms. The summed E-state index contributed by atoms with van der Waals surface area (Å²) in [6.07, 6.45) is -4.77. The van der Waals surface area contributed by atoms with Crippen LogP contribution in [-0.4, -0.2) is 113 Å². The van der Waals surface area contributed by atoms with Gasteiger partial charge in [0.05, 0.1) is 51.2 Å². The van der Waals surface area contributed by atoms with E-state index in [1.807, 2.05) is 0 Å². The van der Waals surface area contributed by atoms with E-state index in [9.17, 15) is 30.3 Å². The molecule has 4 N–H and O–H groups in total. The number of carbonyl (C=O) groups is 1. The van der Waals surface area contributed by atoms with Crippen LogP contribution >= 0.6 is 11.8 Å². The molecule has 13 heteroatoms. The number of benzene rings is 1. The number of carboxylic acid groups (broad SMARTS) is 1. The minimum absolute atomic E-state index is 0.0818. The maximum absolute atomic E-state index is 11.3. The zero-order chi connectivity index (χ0) is 25.9. The Kier molecular flexibility index (Phi) is 8.73. The molecule has 12 nitrogen and oxygen atoms in total. The number of carbonyl (C=O) groups excluding carboxylic acids is 1. The standard InChI is InChI=1S/C23H31NO11S/c1-23(22(29)30)11-36-20(24-23)13-3-2-12(8-15(13)26)32-6-4-31-5-7-33-21-18(28)19-17(27)14(10-34-19)16(9-25)35-21/h2-3,8,14,16-19,21,25-28H,4-7,9-11H2,1H3,(H,29,30)/p-1/t14?,16?,17-,18?,19?,21-,23+/m0/s1. The molecule has 0 saturated carbocycles. The number of aliphatic hydroxyl groups excluding tert-OH is 3. The third kappa shape index (κ3) is 5.78. The lowest BCUT2D eigenvalue weighted by Crippen LogP contribution is -2.45. The SMILES string of the molecule is C[C@]1(C(=O)[O-])CSC(c2ccc(OCCOCCO[C@H]3OC(CO)C4COC(C3O)[C@H]4O)cc2O)=N1. The molecular formula is C23H30NO11S-. The lowest BCUT2D eigenvalue weighted by atomic mass is 9.95. The zero-order valence-electron chi connectivity index (χ0n) is 19.6. The van der Waals surface area contributed by atoms with Crippen LogP contribution in [-0.2, 0) is 23.7 Å². The topological polar surface area (TPSA) is 180 Å². The Balaban J connectivity index is 1.17. The molecule has 0 amide bonds. The highest BCUT2D eigenvalue weighted by molar-refractivity contribution is 8.14. The summed E-state index contributed by atoms with van der Waals surface area (Å²) in [5.74, 6) is -1.14. The van der Waals surface area contributed by atoms with Gasteiger partial charge in [0.2, 0.25) is 0 Å². The van der Waals surface area contributed by atoms with Crippen molar-refractivity contribution >= 4 is 22.8 Å². The van der Waals surface area contributed by atoms with Gasteiger partial charge in [-0.25, -0.2) is 0 Å². The summed E-state index contributed by atoms with van der Waals surface area (Å²) in [4.78, 5) is 15.4. The summed E-state index contributed by atoms with van der Waals surface area (Å²) >= 11 is 1.24. The molecule has 200 valence electrons. The second-order valence-corrected chi connectivity index (χ2v) is 9.91. The van der Waals surface area contributed by atoms with Crippen LogP contribution in [0.5, 0.6) is 11.5 Å². The third-order valence-electron chi connectivity index (χ3n) is 6.32. The smallest absolute Gasteiger partial charge is 0.186 e. The summed E-state index contributed by atoms with van der Waals surface area (Å²) in [6.45, 7) is 2.01. The van der Waals surface area contributed by atoms with Crippen molar-refractivity contribution in [3.05, 3.63) is 23.8 Å². The maximum atomic E-state index is 11.3. The van der Waals surface area contributed by atoms with E-state index < -0.39 is 48.1 Å². The molecule has 2 saturated heterocycles. The summed E-state index contributed by atoms with van der Waals surface area (Å²) in [7, 11) is 0. The quantitative estimate of drug-likeness (QED) is 0.239. The van der Waals surface area contributed by atoms with Crippen LogP contribution < -0.4 is 9.84 Å². The van der Waals surface area contributed by atoms with Crippen LogP contribution in [0.15, 0.2) is 23.2 Å². The lowest BCUT2D eigenvalue weighted by Gasteiger charge is -2.29. The lowest BCUT2D eigenvalue weighted by molar-refractivity contribution is -0.311. The van der Waals surface area contributed by atoms with Crippen molar-refractivity contribution in [3.63, 3.8) is 0 Å². The fourth-order valence-corrected chi connectivity index (χ4v) is 5.38. The van der Waals surface area contributed by atoms with Gasteiger partial charge in [0, 0.05) is 23.3 Å². The van der Waals surface area contributed by atoms with Gasteiger partial charge < -0.3 is 54.0 Å². The Hall–Kier alpha value is -1.97. The Bertz CT molecular complexity index is 962. The van der Waals surface area contributed by atoms with E-state index in [0.717, 1.165) is 0 Å². The van der Waals surface area contributed by atoms with Gasteiger partial charge in [-0.3, -0.25) is 4.99 Å². The van der Waals surface area contributed by atoms with Gasteiger partial charge in [-0.2, -0.15) is 0 Å². The first-order valence-electron chi connectivity index (χ1n) is 11.6. The second-order valence-electron chi connectivity index (χ2n) is 8.95. The van der Waals surface area contributed by atoms with Crippen molar-refractivity contribution in [1.82, 2.24) is 0 Å². The summed E-state index contributed by atoms with van der Waals surface area (Å²) in [5, 5.41) is 52.2. The van der Waals surface area contributed by atoms with Gasteiger partial charge in [-0.15, -0.1) is 11.8 Å². The minimum Gasteiger partial charge on any atom is -0.547 e. The van der Waals surface area contributed by atoms with Crippen LogP contribution in [0.25, 0.3) is 0 Å². The highest BCUT2D eigenvalue weighted by Gasteiger charge is 2.51. The molecule has 0 radical (unpaired) electrons. The number of ether oxygens (including phenoxy) is 5. The molecule has 4 unspecified atom stereocenters. The van der Waals surface area contributed by atoms with Crippen LogP contribution in [0.3, 0.4) is 0 Å². The molecule has 2 fully saturated rings. The fourth-order valence-electron chi connectivity index (χ4n) is 4.18. The zero-order valence-corrected chi connectivity index (χ0v) is 20.5. The van der Waals surface area contributed by atoms with Crippen molar-refractivity contribution in [1.29, 1.82) is 0 Å². The van der Waals surface area contributed by atoms with E-state index >= 15 is 0 Å². The molecule has 3 heterocycles. The van der Waals surface area contributed by atoms with Gasteiger partial charge >= 0.3 is 0 Å². The average molecular weight is 529 g/mol. The second kappa shape index (κ2) is 11.6. The minimum atomic E-state index is -1.32. The van der Waals surface area contributed by atoms with E-state index in [2.05, 4.69) is 4.99 Å². The van der Waals surface area contributed by atoms with E-state index in [1.54, 1.807) is 12.1 Å². The maximum Gasteiger partial charge on any atom is 0.186 e. The normalized spacial score (nSPS) is 33.8. The van der Waals surface area contributed by atoms with Gasteiger partial charge in [0.1, 0.15) is 40.9 Å². The number of hydrogen-bond acceptors (Lipinski definition) is 13. The summed E-state index contributed by atoms with van der Waals surface area (Å²) in [5.41, 5.74) is -0.901. The number of hydrogen-bond donors (Lipinski definition) is 4. The molecular weight excluding hydrogens is 498 g/mol. The molecule has 0 aliphatic carbocycles. The Labute approximate surface area is 211 Å². The van der Waals surface area contributed by atoms with Gasteiger partial charge in [0.25, 0.3) is 0 Å². The number of phenols is 1. The predicted octanol–water partition coefficient (Wildman–Crippen LogP) is -1.74. The first-order chi connectivity index (χ1) is 17.2. The Morgan fingerprint density at radius 1 is 1.25 bits per heavy atom. The van der Waals surface area contributed by atoms with Gasteiger partial charge in [-0.05, 0) is 19.1 Å². The number of fused-ring (bicyclic) bond motifs is 2. The number of phenolic OH excluding ortho intramolecular Hbond substituents is 1. The van der Waals surface area contributed by atoms with Crippen molar-refractivity contribution in [2.45, 2.75) is 43.2 Å². The molecule has 36 heavy (non-hydrogen) atoms. The Morgan fingerprint density at radius 3 is 2.72 bits per heavy atom. The number of thioether (sulfide) groups is 1. The van der Waals surface area contributed by atoms with Crippen molar-refractivity contribution < 1.29 is 54.0 Å². The summed E-state index contributed by atoms with van der Waals surface area (Å²) < 4.78 is 27.7. The molecule has 0 spiro atoms. The van der Waals surface area contributed by atoms with Crippen LogP contribution in [0.1, 0.15) is 12.5 Å². The van der Waals surface area contributed by atoms with Crippen molar-refractivity contribution in [2.24, 2.45) is 10.9 Å². The average Bonchev–Trinajstić information content (AvgIpc) is 3.41. The number of aliphatic hydroxyl groups is 3.